The van der Waals surface area contributed by atoms with Gasteiger partial charge in [-0.25, -0.2) is 4.79 Å². The minimum absolute atomic E-state index is 0.106. The smallest absolute Gasteiger partial charge is 0.333 e. The molecular formula is C11H13N3O4S. The third kappa shape index (κ3) is 2.71. The van der Waals surface area contributed by atoms with E-state index in [0.29, 0.717) is 0 Å². The highest BCUT2D eigenvalue weighted by atomic mass is 32.1. The van der Waals surface area contributed by atoms with E-state index in [1.807, 2.05) is 0 Å². The molecule has 0 aliphatic carbocycles. The number of hydrogen-bond acceptors (Lipinski definition) is 6. The van der Waals surface area contributed by atoms with E-state index in [4.69, 9.17) is 17.5 Å². The molecule has 1 saturated heterocycles. The number of nitriles is 1. The fourth-order valence-electron chi connectivity index (χ4n) is 1.89. The number of ketones is 1. The first kappa shape index (κ1) is 15.0. The van der Waals surface area contributed by atoms with Crippen LogP contribution in [-0.4, -0.2) is 35.4 Å². The molecule has 102 valence electrons. The summed E-state index contributed by atoms with van der Waals surface area (Å²) in [6.07, 6.45) is -0.158. The first-order chi connectivity index (χ1) is 8.91. The molecule has 2 N–H and O–H groups in total. The zero-order chi connectivity index (χ0) is 14.6. The van der Waals surface area contributed by atoms with E-state index >= 15 is 0 Å². The Hall–Kier alpha value is -2.01. The number of nitrogens with one attached hydrogen (secondary N) is 2. The average Bonchev–Trinajstić information content (AvgIpc) is 2.36. The first-order valence-corrected chi connectivity index (χ1v) is 5.94. The van der Waals surface area contributed by atoms with E-state index in [1.54, 1.807) is 13.0 Å². The number of ether oxygens (including phenoxy) is 1. The van der Waals surface area contributed by atoms with Crippen molar-refractivity contribution in [2.75, 3.05) is 7.11 Å². The number of hydrogen-bond donors (Lipinski definition) is 2. The van der Waals surface area contributed by atoms with Gasteiger partial charge in [0.1, 0.15) is 5.78 Å². The molecule has 1 heterocycles. The van der Waals surface area contributed by atoms with Crippen molar-refractivity contribution < 1.29 is 19.1 Å². The number of thiocarbonyl (C=S) groups is 1. The van der Waals surface area contributed by atoms with Crippen molar-refractivity contribution in [2.24, 2.45) is 5.92 Å². The molecule has 19 heavy (non-hydrogen) atoms. The Bertz CT molecular complexity index is 485. The monoisotopic (exact) mass is 283 g/mol. The van der Waals surface area contributed by atoms with E-state index < -0.39 is 23.3 Å². The lowest BCUT2D eigenvalue weighted by atomic mass is 9.78. The molecule has 1 amide bonds. The highest BCUT2D eigenvalue weighted by molar-refractivity contribution is 7.80. The zero-order valence-corrected chi connectivity index (χ0v) is 11.3. The molecule has 0 saturated carbocycles. The lowest BCUT2D eigenvalue weighted by Gasteiger charge is -2.38. The van der Waals surface area contributed by atoms with E-state index in [-0.39, 0.29) is 23.7 Å². The number of rotatable bonds is 4. The minimum Gasteiger partial charge on any atom is -0.467 e. The van der Waals surface area contributed by atoms with Crippen molar-refractivity contribution in [1.82, 2.24) is 10.6 Å². The van der Waals surface area contributed by atoms with Gasteiger partial charge < -0.3 is 15.4 Å². The predicted molar refractivity (Wildman–Crippen MR) is 67.6 cm³/mol. The van der Waals surface area contributed by atoms with Gasteiger partial charge >= 0.3 is 5.97 Å². The molecule has 8 heteroatoms. The summed E-state index contributed by atoms with van der Waals surface area (Å²) in [4.78, 5) is 35.4. The third-order valence-electron chi connectivity index (χ3n) is 2.88. The highest BCUT2D eigenvalue weighted by Gasteiger charge is 2.55. The molecular weight excluding hydrogens is 270 g/mol. The predicted octanol–water partition coefficient (Wildman–Crippen LogP) is -0.589. The second-order valence-corrected chi connectivity index (χ2v) is 4.45. The number of Topliss-reactive ketones (excluding diaryl/α,β-unsaturated/α-hetero) is 1. The molecule has 0 aromatic heterocycles. The van der Waals surface area contributed by atoms with Crippen molar-refractivity contribution in [3.63, 3.8) is 0 Å². The summed E-state index contributed by atoms with van der Waals surface area (Å²) in [5, 5.41) is 13.8. The number of amides is 1. The van der Waals surface area contributed by atoms with Gasteiger partial charge in [0.05, 0.1) is 13.2 Å². The lowest BCUT2D eigenvalue weighted by Crippen LogP contribution is -2.70. The SMILES string of the molecule is CCC(=O)C[C@]1(C(=O)OC)NC(=S)NC(=O)[C@H]1C#N. The minimum atomic E-state index is -1.75. The second-order valence-electron chi connectivity index (χ2n) is 4.04. The van der Waals surface area contributed by atoms with Crippen molar-refractivity contribution in [2.45, 2.75) is 25.3 Å². The summed E-state index contributed by atoms with van der Waals surface area (Å²) < 4.78 is 4.62. The number of nitrogens with zero attached hydrogens (tertiary/aromatic N) is 1. The van der Waals surface area contributed by atoms with Gasteiger partial charge in [-0.2, -0.15) is 5.26 Å². The molecule has 1 aliphatic rings. The molecule has 7 nitrogen and oxygen atoms in total. The quantitative estimate of drug-likeness (QED) is 0.524. The molecule has 1 aliphatic heterocycles. The van der Waals surface area contributed by atoms with Gasteiger partial charge in [-0.15, -0.1) is 0 Å². The maximum absolute atomic E-state index is 12.0. The van der Waals surface area contributed by atoms with E-state index in [0.717, 1.165) is 7.11 Å². The Labute approximate surface area is 115 Å². The van der Waals surface area contributed by atoms with Gasteiger partial charge in [0.25, 0.3) is 0 Å². The van der Waals surface area contributed by atoms with Gasteiger partial charge in [-0.1, -0.05) is 6.92 Å². The largest absolute Gasteiger partial charge is 0.467 e. The Balaban J connectivity index is 3.29. The van der Waals surface area contributed by atoms with Crippen LogP contribution in [0.1, 0.15) is 19.8 Å². The van der Waals surface area contributed by atoms with Crippen LogP contribution in [0.2, 0.25) is 0 Å². The summed E-state index contributed by atoms with van der Waals surface area (Å²) in [5.41, 5.74) is -1.75. The number of esters is 1. The summed E-state index contributed by atoms with van der Waals surface area (Å²) >= 11 is 4.82. The van der Waals surface area contributed by atoms with Crippen LogP contribution in [0.5, 0.6) is 0 Å². The Morgan fingerprint density at radius 2 is 2.21 bits per heavy atom. The molecule has 1 rings (SSSR count). The van der Waals surface area contributed by atoms with Crippen molar-refractivity contribution in [3.05, 3.63) is 0 Å². The third-order valence-corrected chi connectivity index (χ3v) is 3.08. The second kappa shape index (κ2) is 5.75. The number of methoxy groups -OCH3 is 1. The fraction of sp³-hybridized carbons (Fsp3) is 0.545. The standard InChI is InChI=1S/C11H13N3O4S/c1-3-6(15)4-11(9(17)18-2)7(5-12)8(16)13-10(19)14-11/h7H,3-4H2,1-2H3,(H2,13,14,16,19)/t7-,11+/m1/s1. The Morgan fingerprint density at radius 1 is 1.58 bits per heavy atom. The van der Waals surface area contributed by atoms with Crippen molar-refractivity contribution >= 4 is 35.0 Å². The molecule has 1 fully saturated rings. The number of carbonyl (C=O) groups is 3. The van der Waals surface area contributed by atoms with Crippen LogP contribution in [0.25, 0.3) is 0 Å². The van der Waals surface area contributed by atoms with Crippen LogP contribution < -0.4 is 10.6 Å². The molecule has 0 bridgehead atoms. The summed E-state index contributed by atoms with van der Waals surface area (Å²) in [6.45, 7) is 1.62. The number of carbonyl (C=O) groups excluding carboxylic acids is 3. The van der Waals surface area contributed by atoms with E-state index in [9.17, 15) is 14.4 Å². The Morgan fingerprint density at radius 3 is 2.68 bits per heavy atom. The van der Waals surface area contributed by atoms with Gasteiger partial charge in [-0.3, -0.25) is 9.59 Å². The van der Waals surface area contributed by atoms with Crippen LogP contribution >= 0.6 is 12.2 Å². The van der Waals surface area contributed by atoms with Crippen LogP contribution in [0.15, 0.2) is 0 Å². The summed E-state index contributed by atoms with van der Waals surface area (Å²) in [7, 11) is 1.12. The van der Waals surface area contributed by atoms with E-state index in [2.05, 4.69) is 15.4 Å². The van der Waals surface area contributed by atoms with Crippen molar-refractivity contribution in [1.29, 1.82) is 5.26 Å². The molecule has 2 atom stereocenters. The fourth-order valence-corrected chi connectivity index (χ4v) is 2.17. The van der Waals surface area contributed by atoms with E-state index in [1.165, 1.54) is 0 Å². The van der Waals surface area contributed by atoms with Crippen LogP contribution in [0.4, 0.5) is 0 Å². The topological polar surface area (TPSA) is 108 Å². The Kier molecular flexibility index (Phi) is 4.56. The van der Waals surface area contributed by atoms with Gasteiger partial charge in [0, 0.05) is 12.8 Å². The molecule has 0 aromatic carbocycles. The van der Waals surface area contributed by atoms with Gasteiger partial charge in [0.2, 0.25) is 5.91 Å². The summed E-state index contributed by atoms with van der Waals surface area (Å²) in [5.74, 6) is -3.25. The van der Waals surface area contributed by atoms with Crippen molar-refractivity contribution in [3.8, 4) is 6.07 Å². The van der Waals surface area contributed by atoms with Crippen LogP contribution in [0.3, 0.4) is 0 Å². The summed E-state index contributed by atoms with van der Waals surface area (Å²) in [6, 6.07) is 1.72. The maximum Gasteiger partial charge on any atom is 0.333 e. The van der Waals surface area contributed by atoms with Crippen LogP contribution in [-0.2, 0) is 19.1 Å². The first-order valence-electron chi connectivity index (χ1n) is 5.54. The maximum atomic E-state index is 12.0. The molecule has 0 radical (unpaired) electrons. The molecule has 0 unspecified atom stereocenters. The normalized spacial score (nSPS) is 25.8. The van der Waals surface area contributed by atoms with Gasteiger partial charge in [0.15, 0.2) is 16.6 Å². The van der Waals surface area contributed by atoms with Gasteiger partial charge in [-0.05, 0) is 12.2 Å². The highest BCUT2D eigenvalue weighted by Crippen LogP contribution is 2.27. The zero-order valence-electron chi connectivity index (χ0n) is 10.5. The molecule has 0 aromatic rings. The average molecular weight is 283 g/mol. The lowest BCUT2D eigenvalue weighted by molar-refractivity contribution is -0.154. The molecule has 0 spiro atoms. The van der Waals surface area contributed by atoms with Crippen LogP contribution in [0, 0.1) is 17.2 Å².